The molecule has 0 spiro atoms. The van der Waals surface area contributed by atoms with Gasteiger partial charge in [-0.3, -0.25) is 4.79 Å². The molecule has 0 fully saturated rings. The standard InChI is InChI=1S/C14H15ClO2/c1-4-5-11(16)13-7-10-9(3)14(15)8(2)6-12(10)17-13/h6-7H,4-5H2,1-3H3. The smallest absolute Gasteiger partial charge is 0.198 e. The van der Waals surface area contributed by atoms with E-state index in [0.717, 1.165) is 33.5 Å². The van der Waals surface area contributed by atoms with Gasteiger partial charge in [-0.2, -0.15) is 0 Å². The highest BCUT2D eigenvalue weighted by Gasteiger charge is 2.14. The van der Waals surface area contributed by atoms with Crippen LogP contribution in [-0.2, 0) is 0 Å². The van der Waals surface area contributed by atoms with Crippen LogP contribution in [0, 0.1) is 13.8 Å². The number of benzene rings is 1. The van der Waals surface area contributed by atoms with Gasteiger partial charge in [0.15, 0.2) is 11.5 Å². The van der Waals surface area contributed by atoms with E-state index in [4.69, 9.17) is 16.0 Å². The quantitative estimate of drug-likeness (QED) is 0.740. The van der Waals surface area contributed by atoms with Crippen molar-refractivity contribution in [2.24, 2.45) is 0 Å². The molecule has 0 atom stereocenters. The summed E-state index contributed by atoms with van der Waals surface area (Å²) in [7, 11) is 0. The molecular formula is C14H15ClO2. The Morgan fingerprint density at radius 1 is 1.35 bits per heavy atom. The van der Waals surface area contributed by atoms with Gasteiger partial charge in [-0.25, -0.2) is 0 Å². The third-order valence-electron chi connectivity index (χ3n) is 2.94. The Balaban J connectivity index is 2.58. The summed E-state index contributed by atoms with van der Waals surface area (Å²) >= 11 is 6.18. The van der Waals surface area contributed by atoms with Gasteiger partial charge in [0.25, 0.3) is 0 Å². The Labute approximate surface area is 106 Å². The molecule has 0 aliphatic heterocycles. The van der Waals surface area contributed by atoms with Crippen LogP contribution in [0.1, 0.15) is 41.4 Å². The highest BCUT2D eigenvalue weighted by Crippen LogP contribution is 2.31. The fourth-order valence-corrected chi connectivity index (χ4v) is 2.12. The second kappa shape index (κ2) is 4.53. The van der Waals surface area contributed by atoms with Crippen molar-refractivity contribution in [3.05, 3.63) is 34.0 Å². The van der Waals surface area contributed by atoms with E-state index in [1.54, 1.807) is 6.07 Å². The molecule has 0 bridgehead atoms. The number of hydrogen-bond donors (Lipinski definition) is 0. The number of ketones is 1. The first-order chi connectivity index (χ1) is 8.04. The van der Waals surface area contributed by atoms with Crippen LogP contribution in [0.15, 0.2) is 16.5 Å². The summed E-state index contributed by atoms with van der Waals surface area (Å²) in [4.78, 5) is 11.8. The highest BCUT2D eigenvalue weighted by atomic mass is 35.5. The third kappa shape index (κ3) is 2.09. The third-order valence-corrected chi connectivity index (χ3v) is 3.52. The minimum Gasteiger partial charge on any atom is -0.453 e. The van der Waals surface area contributed by atoms with Crippen molar-refractivity contribution in [3.63, 3.8) is 0 Å². The van der Waals surface area contributed by atoms with Crippen LogP contribution in [0.2, 0.25) is 5.02 Å². The number of halogens is 1. The number of hydrogen-bond acceptors (Lipinski definition) is 2. The van der Waals surface area contributed by atoms with Gasteiger partial charge >= 0.3 is 0 Å². The molecule has 0 aliphatic rings. The molecule has 2 aromatic rings. The second-order valence-electron chi connectivity index (χ2n) is 4.33. The molecule has 1 aromatic carbocycles. The van der Waals surface area contributed by atoms with E-state index in [1.165, 1.54) is 0 Å². The van der Waals surface area contributed by atoms with Crippen molar-refractivity contribution in [2.75, 3.05) is 0 Å². The van der Waals surface area contributed by atoms with Gasteiger partial charge in [0.05, 0.1) is 0 Å². The van der Waals surface area contributed by atoms with Crippen molar-refractivity contribution in [1.29, 1.82) is 0 Å². The maximum absolute atomic E-state index is 11.8. The predicted molar refractivity (Wildman–Crippen MR) is 69.9 cm³/mol. The fraction of sp³-hybridized carbons (Fsp3) is 0.357. The first kappa shape index (κ1) is 12.2. The van der Waals surface area contributed by atoms with Gasteiger partial charge in [-0.15, -0.1) is 0 Å². The summed E-state index contributed by atoms with van der Waals surface area (Å²) in [6, 6.07) is 3.68. The molecule has 2 rings (SSSR count). The predicted octanol–water partition coefficient (Wildman–Crippen LogP) is 4.69. The van der Waals surface area contributed by atoms with E-state index in [0.29, 0.717) is 12.2 Å². The molecule has 0 saturated carbocycles. The van der Waals surface area contributed by atoms with Crippen LogP contribution in [0.5, 0.6) is 0 Å². The van der Waals surface area contributed by atoms with Crippen molar-refractivity contribution in [2.45, 2.75) is 33.6 Å². The van der Waals surface area contributed by atoms with Crippen molar-refractivity contribution < 1.29 is 9.21 Å². The highest BCUT2D eigenvalue weighted by molar-refractivity contribution is 6.33. The largest absolute Gasteiger partial charge is 0.453 e. The Kier molecular flexibility index (Phi) is 3.25. The number of aryl methyl sites for hydroxylation is 2. The summed E-state index contributed by atoms with van der Waals surface area (Å²) in [6.07, 6.45) is 1.35. The van der Waals surface area contributed by atoms with Crippen LogP contribution in [0.4, 0.5) is 0 Å². The minimum absolute atomic E-state index is 0.0527. The summed E-state index contributed by atoms with van der Waals surface area (Å²) in [5.41, 5.74) is 2.69. The zero-order valence-electron chi connectivity index (χ0n) is 10.3. The molecule has 17 heavy (non-hydrogen) atoms. The van der Waals surface area contributed by atoms with E-state index in [-0.39, 0.29) is 5.78 Å². The maximum atomic E-state index is 11.8. The van der Waals surface area contributed by atoms with E-state index in [9.17, 15) is 4.79 Å². The van der Waals surface area contributed by atoms with E-state index in [2.05, 4.69) is 0 Å². The normalized spacial score (nSPS) is 11.1. The van der Waals surface area contributed by atoms with Gasteiger partial charge in [0.2, 0.25) is 0 Å². The van der Waals surface area contributed by atoms with Crippen molar-refractivity contribution in [1.82, 2.24) is 0 Å². The molecular weight excluding hydrogens is 236 g/mol. The second-order valence-corrected chi connectivity index (χ2v) is 4.71. The molecule has 0 unspecified atom stereocenters. The van der Waals surface area contributed by atoms with Gasteiger partial charge in [-0.05, 0) is 43.5 Å². The topological polar surface area (TPSA) is 30.2 Å². The van der Waals surface area contributed by atoms with Gasteiger partial charge in [-0.1, -0.05) is 18.5 Å². The molecule has 0 radical (unpaired) electrons. The number of furan rings is 1. The summed E-state index contributed by atoms with van der Waals surface area (Å²) in [5, 5.41) is 1.67. The minimum atomic E-state index is 0.0527. The molecule has 2 nitrogen and oxygen atoms in total. The van der Waals surface area contributed by atoms with Crippen LogP contribution in [0.25, 0.3) is 11.0 Å². The van der Waals surface area contributed by atoms with Crippen molar-refractivity contribution >= 4 is 28.4 Å². The molecule has 0 amide bonds. The zero-order valence-corrected chi connectivity index (χ0v) is 11.0. The molecule has 0 saturated heterocycles. The number of fused-ring (bicyclic) bond motifs is 1. The Hall–Kier alpha value is -1.28. The molecule has 1 aromatic heterocycles. The van der Waals surface area contributed by atoms with E-state index in [1.807, 2.05) is 26.8 Å². The summed E-state index contributed by atoms with van der Waals surface area (Å²) in [6.45, 7) is 5.86. The lowest BCUT2D eigenvalue weighted by Gasteiger charge is -2.02. The Bertz CT molecular complexity index is 581. The monoisotopic (exact) mass is 250 g/mol. The van der Waals surface area contributed by atoms with Crippen LogP contribution < -0.4 is 0 Å². The lowest BCUT2D eigenvalue weighted by Crippen LogP contribution is -1.94. The molecule has 0 aliphatic carbocycles. The van der Waals surface area contributed by atoms with E-state index >= 15 is 0 Å². The number of carbonyl (C=O) groups is 1. The summed E-state index contributed by atoms with van der Waals surface area (Å²) < 4.78 is 5.59. The zero-order chi connectivity index (χ0) is 12.6. The molecule has 0 N–H and O–H groups in total. The SMILES string of the molecule is CCCC(=O)c1cc2c(C)c(Cl)c(C)cc2o1. The number of Topliss-reactive ketones (excluding diaryl/α,β-unsaturated/α-hetero) is 1. The fourth-order valence-electron chi connectivity index (χ4n) is 1.97. The van der Waals surface area contributed by atoms with Crippen LogP contribution in [-0.4, -0.2) is 5.78 Å². The van der Waals surface area contributed by atoms with Gasteiger partial charge in [0.1, 0.15) is 5.58 Å². The Morgan fingerprint density at radius 2 is 2.06 bits per heavy atom. The van der Waals surface area contributed by atoms with Crippen LogP contribution >= 0.6 is 11.6 Å². The number of carbonyl (C=O) groups excluding carboxylic acids is 1. The maximum Gasteiger partial charge on any atom is 0.198 e. The van der Waals surface area contributed by atoms with Gasteiger partial charge < -0.3 is 4.42 Å². The first-order valence-electron chi connectivity index (χ1n) is 5.77. The summed E-state index contributed by atoms with van der Waals surface area (Å²) in [5.74, 6) is 0.489. The number of rotatable bonds is 3. The Morgan fingerprint density at radius 3 is 2.71 bits per heavy atom. The van der Waals surface area contributed by atoms with Crippen molar-refractivity contribution in [3.8, 4) is 0 Å². The average molecular weight is 251 g/mol. The molecule has 3 heteroatoms. The molecule has 1 heterocycles. The average Bonchev–Trinajstić information content (AvgIpc) is 2.70. The lowest BCUT2D eigenvalue weighted by molar-refractivity contribution is 0.0957. The molecule has 90 valence electrons. The van der Waals surface area contributed by atoms with Gasteiger partial charge in [0, 0.05) is 16.8 Å². The van der Waals surface area contributed by atoms with E-state index < -0.39 is 0 Å². The first-order valence-corrected chi connectivity index (χ1v) is 6.14. The van der Waals surface area contributed by atoms with Crippen LogP contribution in [0.3, 0.4) is 0 Å². The lowest BCUT2D eigenvalue weighted by atomic mass is 10.1.